The Labute approximate surface area is 105 Å². The van der Waals surface area contributed by atoms with E-state index in [0.29, 0.717) is 0 Å². The molecule has 18 heavy (non-hydrogen) atoms. The second-order valence-corrected chi connectivity index (χ2v) is 5.88. The molecule has 0 fully saturated rings. The molecule has 0 spiro atoms. The molecule has 6 nitrogen and oxygen atoms in total. The van der Waals surface area contributed by atoms with Crippen molar-refractivity contribution in [2.24, 2.45) is 5.73 Å². The van der Waals surface area contributed by atoms with Crippen LogP contribution < -0.4 is 5.73 Å². The molecule has 1 rings (SSSR count). The average molecular weight is 273 g/mol. The first-order chi connectivity index (χ1) is 8.28. The number of benzene rings is 1. The maximum absolute atomic E-state index is 10.8. The Morgan fingerprint density at radius 1 is 1.33 bits per heavy atom. The molecule has 0 aromatic heterocycles. The molecule has 7 heteroatoms. The highest BCUT2D eigenvalue weighted by Crippen LogP contribution is 2.34. The largest absolute Gasteiger partial charge is 0.480 e. The van der Waals surface area contributed by atoms with Gasteiger partial charge in [0.15, 0.2) is 0 Å². The van der Waals surface area contributed by atoms with E-state index < -0.39 is 19.6 Å². The van der Waals surface area contributed by atoms with Crippen molar-refractivity contribution in [2.45, 2.75) is 18.9 Å². The smallest absolute Gasteiger partial charge is 0.325 e. The normalized spacial score (nSPS) is 13.3. The highest BCUT2D eigenvalue weighted by atomic mass is 31.2. The van der Waals surface area contributed by atoms with E-state index >= 15 is 0 Å². The first-order valence-corrected chi connectivity index (χ1v) is 7.18. The van der Waals surface area contributed by atoms with Crippen LogP contribution in [0.15, 0.2) is 24.3 Å². The van der Waals surface area contributed by atoms with Crippen LogP contribution in [0.3, 0.4) is 0 Å². The summed E-state index contributed by atoms with van der Waals surface area (Å²) in [7, 11) is -4.01. The molecule has 5 N–H and O–H groups in total. The molecule has 0 saturated carbocycles. The molecule has 0 saturated heterocycles. The van der Waals surface area contributed by atoms with Gasteiger partial charge < -0.3 is 20.6 Å². The number of carboxylic acid groups (broad SMARTS) is 1. The molecule has 0 heterocycles. The van der Waals surface area contributed by atoms with Gasteiger partial charge in [-0.15, -0.1) is 0 Å². The minimum Gasteiger partial charge on any atom is -0.480 e. The van der Waals surface area contributed by atoms with Crippen LogP contribution in [0.5, 0.6) is 0 Å². The summed E-state index contributed by atoms with van der Waals surface area (Å²) in [5.74, 6) is -1.07. The first kappa shape index (κ1) is 14.9. The third kappa shape index (κ3) is 5.42. The number of aryl methyl sites for hydroxylation is 1. The van der Waals surface area contributed by atoms with Gasteiger partial charge >= 0.3 is 13.6 Å². The second-order valence-electron chi connectivity index (χ2n) is 4.11. The first-order valence-electron chi connectivity index (χ1n) is 5.39. The van der Waals surface area contributed by atoms with Crippen LogP contribution in [0.1, 0.15) is 11.1 Å². The van der Waals surface area contributed by atoms with E-state index in [0.717, 1.165) is 11.1 Å². The van der Waals surface area contributed by atoms with Gasteiger partial charge in [-0.3, -0.25) is 9.36 Å². The third-order valence-corrected chi connectivity index (χ3v) is 3.26. The van der Waals surface area contributed by atoms with Crippen LogP contribution in [0.25, 0.3) is 0 Å². The van der Waals surface area contributed by atoms with Crippen molar-refractivity contribution >= 4 is 13.6 Å². The number of carboxylic acids is 1. The summed E-state index contributed by atoms with van der Waals surface area (Å²) < 4.78 is 10.8. The Morgan fingerprint density at radius 3 is 2.50 bits per heavy atom. The summed E-state index contributed by atoms with van der Waals surface area (Å²) in [5.41, 5.74) is 6.92. The van der Waals surface area contributed by atoms with E-state index in [2.05, 4.69) is 0 Å². The molecule has 0 aliphatic heterocycles. The molecule has 0 bridgehead atoms. The Morgan fingerprint density at radius 2 is 1.94 bits per heavy atom. The Hall–Kier alpha value is -1.20. The lowest BCUT2D eigenvalue weighted by Gasteiger charge is -2.09. The van der Waals surface area contributed by atoms with Crippen molar-refractivity contribution < 1.29 is 24.3 Å². The van der Waals surface area contributed by atoms with Gasteiger partial charge in [0, 0.05) is 0 Å². The fourth-order valence-electron chi connectivity index (χ4n) is 1.53. The van der Waals surface area contributed by atoms with Crippen LogP contribution in [0, 0.1) is 0 Å². The van der Waals surface area contributed by atoms with E-state index in [-0.39, 0.29) is 19.0 Å². The monoisotopic (exact) mass is 273 g/mol. The summed E-state index contributed by atoms with van der Waals surface area (Å²) in [6, 6.07) is 5.95. The Balaban J connectivity index is 2.68. The molecule has 0 radical (unpaired) electrons. The topological polar surface area (TPSA) is 121 Å². The molecule has 1 atom stereocenters. The van der Waals surface area contributed by atoms with Gasteiger partial charge in [-0.05, 0) is 24.0 Å². The summed E-state index contributed by atoms with van der Waals surface area (Å²) in [5, 5.41) is 8.69. The molecule has 0 amide bonds. The summed E-state index contributed by atoms with van der Waals surface area (Å²) >= 11 is 0. The SMILES string of the molecule is NC(Cc1cccc(CCP(=O)(O)O)c1)C(=O)O. The lowest BCUT2D eigenvalue weighted by molar-refractivity contribution is -0.138. The molecule has 1 aromatic rings. The van der Waals surface area contributed by atoms with Crippen molar-refractivity contribution in [3.05, 3.63) is 35.4 Å². The van der Waals surface area contributed by atoms with Gasteiger partial charge in [-0.1, -0.05) is 24.3 Å². The van der Waals surface area contributed by atoms with Crippen LogP contribution in [-0.2, 0) is 22.2 Å². The minimum atomic E-state index is -4.01. The zero-order chi connectivity index (χ0) is 13.8. The summed E-state index contributed by atoms with van der Waals surface area (Å²) in [6.07, 6.45) is 0.223. The number of carbonyl (C=O) groups is 1. The zero-order valence-electron chi connectivity index (χ0n) is 9.69. The van der Waals surface area contributed by atoms with E-state index in [1.807, 2.05) is 0 Å². The van der Waals surface area contributed by atoms with Gasteiger partial charge in [0.1, 0.15) is 6.04 Å². The summed E-state index contributed by atoms with van der Waals surface area (Å²) in [6.45, 7) is 0. The van der Waals surface area contributed by atoms with Crippen molar-refractivity contribution in [2.75, 3.05) is 6.16 Å². The number of rotatable bonds is 6. The predicted molar refractivity (Wildman–Crippen MR) is 66.4 cm³/mol. The third-order valence-electron chi connectivity index (χ3n) is 2.46. The lowest BCUT2D eigenvalue weighted by atomic mass is 10.0. The maximum atomic E-state index is 10.8. The number of hydrogen-bond donors (Lipinski definition) is 4. The van der Waals surface area contributed by atoms with Crippen LogP contribution in [0.4, 0.5) is 0 Å². The van der Waals surface area contributed by atoms with Crippen molar-refractivity contribution in [1.82, 2.24) is 0 Å². The van der Waals surface area contributed by atoms with Crippen LogP contribution in [0.2, 0.25) is 0 Å². The Kier molecular flexibility index (Phi) is 5.04. The molecule has 0 aliphatic rings. The minimum absolute atomic E-state index is 0.194. The van der Waals surface area contributed by atoms with E-state index in [4.69, 9.17) is 20.6 Å². The van der Waals surface area contributed by atoms with Gasteiger partial charge in [-0.2, -0.15) is 0 Å². The second kappa shape index (κ2) is 6.11. The van der Waals surface area contributed by atoms with Gasteiger partial charge in [-0.25, -0.2) is 0 Å². The number of aliphatic carboxylic acids is 1. The standard InChI is InChI=1S/C11H16NO5P/c12-10(11(13)14)7-9-3-1-2-8(6-9)4-5-18(15,16)17/h1-3,6,10H,4-5,7,12H2,(H,13,14)(H2,15,16,17). The van der Waals surface area contributed by atoms with Gasteiger partial charge in [0.2, 0.25) is 0 Å². The van der Waals surface area contributed by atoms with E-state index in [1.54, 1.807) is 24.3 Å². The van der Waals surface area contributed by atoms with Gasteiger partial charge in [0.05, 0.1) is 6.16 Å². The highest BCUT2D eigenvalue weighted by Gasteiger charge is 2.14. The molecule has 0 aliphatic carbocycles. The van der Waals surface area contributed by atoms with Gasteiger partial charge in [0.25, 0.3) is 0 Å². The summed E-state index contributed by atoms with van der Waals surface area (Å²) in [4.78, 5) is 28.2. The molecular formula is C11H16NO5P. The molecular weight excluding hydrogens is 257 g/mol. The Bertz CT molecular complexity index is 470. The fourth-order valence-corrected chi connectivity index (χ4v) is 2.08. The number of hydrogen-bond acceptors (Lipinski definition) is 3. The lowest BCUT2D eigenvalue weighted by Crippen LogP contribution is -2.32. The quantitative estimate of drug-likeness (QED) is 0.555. The van der Waals surface area contributed by atoms with E-state index in [9.17, 15) is 9.36 Å². The zero-order valence-corrected chi connectivity index (χ0v) is 10.6. The average Bonchev–Trinajstić information content (AvgIpc) is 2.26. The highest BCUT2D eigenvalue weighted by molar-refractivity contribution is 7.51. The molecule has 1 aromatic carbocycles. The maximum Gasteiger partial charge on any atom is 0.325 e. The molecule has 100 valence electrons. The molecule has 1 unspecified atom stereocenters. The van der Waals surface area contributed by atoms with Crippen molar-refractivity contribution in [3.8, 4) is 0 Å². The van der Waals surface area contributed by atoms with Crippen LogP contribution in [-0.4, -0.2) is 33.1 Å². The van der Waals surface area contributed by atoms with Crippen LogP contribution >= 0.6 is 7.60 Å². The van der Waals surface area contributed by atoms with E-state index in [1.165, 1.54) is 0 Å². The van der Waals surface area contributed by atoms with Crippen molar-refractivity contribution in [1.29, 1.82) is 0 Å². The van der Waals surface area contributed by atoms with Crippen molar-refractivity contribution in [3.63, 3.8) is 0 Å². The predicted octanol–water partition coefficient (Wildman–Crippen LogP) is 0.361. The fraction of sp³-hybridized carbons (Fsp3) is 0.364. The number of nitrogens with two attached hydrogens (primary N) is 1.